The fourth-order valence-corrected chi connectivity index (χ4v) is 2.22. The molecular formula is C16H27NO2. The van der Waals surface area contributed by atoms with Gasteiger partial charge in [-0.2, -0.15) is 0 Å². The van der Waals surface area contributed by atoms with Crippen LogP contribution in [-0.2, 0) is 4.74 Å². The minimum atomic E-state index is -0.454. The van der Waals surface area contributed by atoms with Crippen LogP contribution in [0.3, 0.4) is 0 Å². The highest BCUT2D eigenvalue weighted by Crippen LogP contribution is 2.24. The third-order valence-electron chi connectivity index (χ3n) is 3.28. The van der Waals surface area contributed by atoms with E-state index in [1.165, 1.54) is 11.1 Å². The van der Waals surface area contributed by atoms with Gasteiger partial charge in [-0.15, -0.1) is 0 Å². The van der Waals surface area contributed by atoms with Crippen LogP contribution >= 0.6 is 0 Å². The highest BCUT2D eigenvalue weighted by Gasteiger charge is 2.18. The molecule has 3 heteroatoms. The van der Waals surface area contributed by atoms with Gasteiger partial charge in [-0.3, -0.25) is 0 Å². The monoisotopic (exact) mass is 265 g/mol. The number of aryl methyl sites for hydroxylation is 1. The summed E-state index contributed by atoms with van der Waals surface area (Å²) in [6, 6.07) is 8.67. The molecule has 0 heterocycles. The van der Waals surface area contributed by atoms with E-state index in [1.807, 2.05) is 6.92 Å². The molecule has 0 saturated heterocycles. The second kappa shape index (κ2) is 8.31. The van der Waals surface area contributed by atoms with Crippen molar-refractivity contribution in [2.75, 3.05) is 19.8 Å². The Morgan fingerprint density at radius 3 is 2.53 bits per heavy atom. The first-order valence-corrected chi connectivity index (χ1v) is 7.11. The summed E-state index contributed by atoms with van der Waals surface area (Å²) in [5.74, 6) is 0.473. The maximum Gasteiger partial charge on any atom is 0.0897 e. The van der Waals surface area contributed by atoms with E-state index in [-0.39, 0.29) is 6.04 Å². The molecule has 0 bridgehead atoms. The van der Waals surface area contributed by atoms with Crippen molar-refractivity contribution in [1.82, 2.24) is 5.32 Å². The molecule has 0 radical (unpaired) electrons. The zero-order valence-corrected chi connectivity index (χ0v) is 12.5. The van der Waals surface area contributed by atoms with Crippen LogP contribution in [0.5, 0.6) is 0 Å². The Hall–Kier alpha value is -0.900. The van der Waals surface area contributed by atoms with Gasteiger partial charge in [0.05, 0.1) is 12.7 Å². The Labute approximate surface area is 117 Å². The molecule has 2 atom stereocenters. The first-order valence-electron chi connectivity index (χ1n) is 7.11. The molecule has 19 heavy (non-hydrogen) atoms. The summed E-state index contributed by atoms with van der Waals surface area (Å²) >= 11 is 0. The fraction of sp³-hybridized carbons (Fsp3) is 0.625. The second-order valence-electron chi connectivity index (χ2n) is 5.30. The molecule has 0 saturated carbocycles. The zero-order valence-electron chi connectivity index (χ0n) is 12.5. The Morgan fingerprint density at radius 2 is 1.95 bits per heavy atom. The largest absolute Gasteiger partial charge is 0.389 e. The Kier molecular flexibility index (Phi) is 7.06. The standard InChI is InChI=1S/C16H27NO2/c1-5-19-11-14(18)10-17-16(12(2)3)15-9-7-6-8-13(15)4/h6-9,12,14,16-18H,5,10-11H2,1-4H3. The molecule has 1 aromatic carbocycles. The van der Waals surface area contributed by atoms with Gasteiger partial charge in [-0.25, -0.2) is 0 Å². The lowest BCUT2D eigenvalue weighted by Gasteiger charge is -2.26. The maximum atomic E-state index is 9.84. The van der Waals surface area contributed by atoms with Crippen LogP contribution in [0.4, 0.5) is 0 Å². The lowest BCUT2D eigenvalue weighted by molar-refractivity contribution is 0.0405. The third kappa shape index (κ3) is 5.31. The predicted molar refractivity (Wildman–Crippen MR) is 79.3 cm³/mol. The van der Waals surface area contributed by atoms with Crippen molar-refractivity contribution < 1.29 is 9.84 Å². The van der Waals surface area contributed by atoms with Crippen LogP contribution in [0.2, 0.25) is 0 Å². The van der Waals surface area contributed by atoms with Crippen molar-refractivity contribution in [1.29, 1.82) is 0 Å². The molecule has 0 aromatic heterocycles. The van der Waals surface area contributed by atoms with Crippen LogP contribution in [0.15, 0.2) is 24.3 Å². The molecule has 0 amide bonds. The quantitative estimate of drug-likeness (QED) is 0.759. The molecule has 0 spiro atoms. The summed E-state index contributed by atoms with van der Waals surface area (Å²) in [6.45, 7) is 10.0. The maximum absolute atomic E-state index is 9.84. The average Bonchev–Trinajstić information content (AvgIpc) is 2.38. The number of nitrogens with one attached hydrogen (secondary N) is 1. The summed E-state index contributed by atoms with van der Waals surface area (Å²) in [4.78, 5) is 0. The Balaban J connectivity index is 2.62. The van der Waals surface area contributed by atoms with E-state index < -0.39 is 6.10 Å². The third-order valence-corrected chi connectivity index (χ3v) is 3.28. The Morgan fingerprint density at radius 1 is 1.26 bits per heavy atom. The lowest BCUT2D eigenvalue weighted by atomic mass is 9.92. The topological polar surface area (TPSA) is 41.5 Å². The molecule has 2 unspecified atom stereocenters. The van der Waals surface area contributed by atoms with Gasteiger partial charge >= 0.3 is 0 Å². The summed E-state index contributed by atoms with van der Waals surface area (Å²) in [7, 11) is 0. The minimum Gasteiger partial charge on any atom is -0.389 e. The summed E-state index contributed by atoms with van der Waals surface area (Å²) < 4.78 is 5.23. The molecular weight excluding hydrogens is 238 g/mol. The number of hydrogen-bond donors (Lipinski definition) is 2. The molecule has 0 aliphatic rings. The molecule has 2 N–H and O–H groups in total. The van der Waals surface area contributed by atoms with Crippen molar-refractivity contribution in [3.63, 3.8) is 0 Å². The highest BCUT2D eigenvalue weighted by molar-refractivity contribution is 5.29. The van der Waals surface area contributed by atoms with Gasteiger partial charge in [-0.05, 0) is 30.9 Å². The molecule has 3 nitrogen and oxygen atoms in total. The van der Waals surface area contributed by atoms with Crippen molar-refractivity contribution in [2.45, 2.75) is 39.8 Å². The van der Waals surface area contributed by atoms with Gasteiger partial charge in [0.25, 0.3) is 0 Å². The van der Waals surface area contributed by atoms with E-state index in [0.29, 0.717) is 25.7 Å². The van der Waals surface area contributed by atoms with Gasteiger partial charge in [0.1, 0.15) is 0 Å². The lowest BCUT2D eigenvalue weighted by Crippen LogP contribution is -2.35. The van der Waals surface area contributed by atoms with Crippen LogP contribution < -0.4 is 5.32 Å². The van der Waals surface area contributed by atoms with Crippen LogP contribution in [-0.4, -0.2) is 31.0 Å². The Bertz CT molecular complexity index is 366. The van der Waals surface area contributed by atoms with E-state index in [9.17, 15) is 5.11 Å². The van der Waals surface area contributed by atoms with Crippen molar-refractivity contribution in [3.05, 3.63) is 35.4 Å². The van der Waals surface area contributed by atoms with E-state index >= 15 is 0 Å². The van der Waals surface area contributed by atoms with Crippen molar-refractivity contribution >= 4 is 0 Å². The van der Waals surface area contributed by atoms with Crippen molar-refractivity contribution in [2.24, 2.45) is 5.92 Å². The van der Waals surface area contributed by atoms with Gasteiger partial charge < -0.3 is 15.2 Å². The first-order chi connectivity index (χ1) is 9.06. The molecule has 0 aliphatic heterocycles. The molecule has 1 aromatic rings. The summed E-state index contributed by atoms with van der Waals surface area (Å²) in [6.07, 6.45) is -0.454. The van der Waals surface area contributed by atoms with Gasteiger partial charge in [0, 0.05) is 19.2 Å². The van der Waals surface area contributed by atoms with Crippen molar-refractivity contribution in [3.8, 4) is 0 Å². The molecule has 1 rings (SSSR count). The number of ether oxygens (including phenoxy) is 1. The zero-order chi connectivity index (χ0) is 14.3. The van der Waals surface area contributed by atoms with Crippen LogP contribution in [0.25, 0.3) is 0 Å². The SMILES string of the molecule is CCOCC(O)CNC(c1ccccc1C)C(C)C. The average molecular weight is 265 g/mol. The number of aliphatic hydroxyl groups excluding tert-OH is 1. The first kappa shape index (κ1) is 16.2. The summed E-state index contributed by atoms with van der Waals surface area (Å²) in [5.41, 5.74) is 2.59. The number of hydrogen-bond acceptors (Lipinski definition) is 3. The summed E-state index contributed by atoms with van der Waals surface area (Å²) in [5, 5.41) is 13.3. The smallest absolute Gasteiger partial charge is 0.0897 e. The second-order valence-corrected chi connectivity index (χ2v) is 5.30. The minimum absolute atomic E-state index is 0.262. The van der Waals surface area contributed by atoms with E-state index in [0.717, 1.165) is 0 Å². The molecule has 0 fully saturated rings. The number of aliphatic hydroxyl groups is 1. The van der Waals surface area contributed by atoms with Gasteiger partial charge in [0.15, 0.2) is 0 Å². The molecule has 0 aliphatic carbocycles. The van der Waals surface area contributed by atoms with E-state index in [1.54, 1.807) is 0 Å². The highest BCUT2D eigenvalue weighted by atomic mass is 16.5. The molecule has 108 valence electrons. The number of rotatable bonds is 8. The van der Waals surface area contributed by atoms with Crippen LogP contribution in [0.1, 0.15) is 37.9 Å². The van der Waals surface area contributed by atoms with Gasteiger partial charge in [0.2, 0.25) is 0 Å². The van der Waals surface area contributed by atoms with E-state index in [2.05, 4.69) is 50.4 Å². The predicted octanol–water partition coefficient (Wildman–Crippen LogP) is 2.68. The van der Waals surface area contributed by atoms with Gasteiger partial charge in [-0.1, -0.05) is 38.1 Å². The number of benzene rings is 1. The van der Waals surface area contributed by atoms with Crippen LogP contribution in [0, 0.1) is 12.8 Å². The normalized spacial score (nSPS) is 14.6. The van der Waals surface area contributed by atoms with E-state index in [4.69, 9.17) is 4.74 Å². The fourth-order valence-electron chi connectivity index (χ4n) is 2.22.